The molecule has 0 spiro atoms. The molecule has 0 aliphatic carbocycles. The summed E-state index contributed by atoms with van der Waals surface area (Å²) in [6, 6.07) is 8.37. The maximum Gasteiger partial charge on any atom is 0.220 e. The van der Waals surface area contributed by atoms with E-state index in [2.05, 4.69) is 53.6 Å². The van der Waals surface area contributed by atoms with E-state index in [1.54, 1.807) is 0 Å². The van der Waals surface area contributed by atoms with E-state index in [4.69, 9.17) is 10.7 Å². The van der Waals surface area contributed by atoms with Crippen LogP contribution in [0.3, 0.4) is 0 Å². The molecule has 2 rings (SSSR count). The molecule has 0 unspecified atom stereocenters. The molecule has 1 saturated heterocycles. The van der Waals surface area contributed by atoms with E-state index in [1.807, 2.05) is 0 Å². The molecule has 1 fully saturated rings. The van der Waals surface area contributed by atoms with E-state index in [9.17, 15) is 4.79 Å². The van der Waals surface area contributed by atoms with Crippen molar-refractivity contribution in [1.82, 2.24) is 15.5 Å². The minimum atomic E-state index is -0.139. The Hall–Kier alpha value is -2.08. The molecule has 1 aliphatic heterocycles. The number of piperidine rings is 1. The summed E-state index contributed by atoms with van der Waals surface area (Å²) in [5, 5.41) is 6.74. The van der Waals surface area contributed by atoms with Crippen molar-refractivity contribution in [2.24, 2.45) is 16.6 Å². The van der Waals surface area contributed by atoms with Crippen LogP contribution in [-0.4, -0.2) is 49.5 Å². The SMILES string of the molecule is CCNC(=NCc1ccccc1C)NCCCCN1CCC(C(N)=O)CC1. The average Bonchev–Trinajstić information content (AvgIpc) is 2.67. The molecule has 1 heterocycles. The molecule has 1 amide bonds. The second-order valence-corrected chi connectivity index (χ2v) is 7.27. The van der Waals surface area contributed by atoms with E-state index >= 15 is 0 Å². The summed E-state index contributed by atoms with van der Waals surface area (Å²) < 4.78 is 0. The number of rotatable bonds is 9. The second-order valence-electron chi connectivity index (χ2n) is 7.27. The molecule has 0 bridgehead atoms. The van der Waals surface area contributed by atoms with Crippen LogP contribution in [0.5, 0.6) is 0 Å². The van der Waals surface area contributed by atoms with Crippen LogP contribution in [0, 0.1) is 12.8 Å². The van der Waals surface area contributed by atoms with Crippen molar-refractivity contribution < 1.29 is 4.79 Å². The predicted molar refractivity (Wildman–Crippen MR) is 112 cm³/mol. The van der Waals surface area contributed by atoms with Gasteiger partial charge in [-0.05, 0) is 70.3 Å². The highest BCUT2D eigenvalue weighted by Crippen LogP contribution is 2.16. The summed E-state index contributed by atoms with van der Waals surface area (Å²) in [6.07, 6.45) is 4.06. The summed E-state index contributed by atoms with van der Waals surface area (Å²) in [5.74, 6) is 0.817. The summed E-state index contributed by atoms with van der Waals surface area (Å²) in [5.41, 5.74) is 7.93. The number of hydrogen-bond donors (Lipinski definition) is 3. The number of nitrogens with zero attached hydrogens (tertiary/aromatic N) is 2. The van der Waals surface area contributed by atoms with Crippen molar-refractivity contribution in [2.45, 2.75) is 46.1 Å². The smallest absolute Gasteiger partial charge is 0.220 e. The molecular weight excluding hydrogens is 338 g/mol. The van der Waals surface area contributed by atoms with E-state index in [0.717, 1.165) is 64.4 Å². The molecule has 6 heteroatoms. The van der Waals surface area contributed by atoms with Gasteiger partial charge in [0.15, 0.2) is 5.96 Å². The van der Waals surface area contributed by atoms with Gasteiger partial charge in [0.05, 0.1) is 6.54 Å². The summed E-state index contributed by atoms with van der Waals surface area (Å²) >= 11 is 0. The first kappa shape index (κ1) is 21.2. The number of benzene rings is 1. The fourth-order valence-electron chi connectivity index (χ4n) is 3.40. The highest BCUT2D eigenvalue weighted by atomic mass is 16.1. The number of hydrogen-bond acceptors (Lipinski definition) is 3. The average molecular weight is 374 g/mol. The maximum atomic E-state index is 11.2. The normalized spacial score (nSPS) is 16.3. The van der Waals surface area contributed by atoms with Gasteiger partial charge in [0.1, 0.15) is 0 Å². The number of primary amides is 1. The van der Waals surface area contributed by atoms with Crippen molar-refractivity contribution >= 4 is 11.9 Å². The molecule has 1 aromatic rings. The van der Waals surface area contributed by atoms with Crippen molar-refractivity contribution in [3.63, 3.8) is 0 Å². The Kier molecular flexibility index (Phi) is 9.11. The van der Waals surface area contributed by atoms with Crippen LogP contribution in [0.2, 0.25) is 0 Å². The molecule has 0 saturated carbocycles. The first-order valence-electron chi connectivity index (χ1n) is 10.2. The van der Waals surface area contributed by atoms with Crippen LogP contribution in [0.25, 0.3) is 0 Å². The quantitative estimate of drug-likeness (QED) is 0.351. The molecule has 4 N–H and O–H groups in total. The number of carbonyl (C=O) groups excluding carboxylic acids is 1. The zero-order valence-corrected chi connectivity index (χ0v) is 16.8. The molecule has 150 valence electrons. The van der Waals surface area contributed by atoms with Gasteiger partial charge in [0.25, 0.3) is 0 Å². The van der Waals surface area contributed by atoms with Crippen molar-refractivity contribution in [3.05, 3.63) is 35.4 Å². The van der Waals surface area contributed by atoms with Gasteiger partial charge in [-0.25, -0.2) is 4.99 Å². The zero-order chi connectivity index (χ0) is 19.5. The van der Waals surface area contributed by atoms with Crippen LogP contribution >= 0.6 is 0 Å². The van der Waals surface area contributed by atoms with Crippen LogP contribution < -0.4 is 16.4 Å². The Bertz CT molecular complexity index is 608. The third-order valence-electron chi connectivity index (χ3n) is 5.20. The molecule has 0 aromatic heterocycles. The Balaban J connectivity index is 1.65. The minimum absolute atomic E-state index is 0.0788. The van der Waals surface area contributed by atoms with Crippen LogP contribution in [0.4, 0.5) is 0 Å². The van der Waals surface area contributed by atoms with E-state index < -0.39 is 0 Å². The van der Waals surface area contributed by atoms with Gasteiger partial charge in [-0.1, -0.05) is 24.3 Å². The lowest BCUT2D eigenvalue weighted by Gasteiger charge is -2.30. The lowest BCUT2D eigenvalue weighted by atomic mass is 9.96. The standard InChI is InChI=1S/C21H35N5O/c1-3-23-21(25-16-19-9-5-4-8-17(19)2)24-12-6-7-13-26-14-10-18(11-15-26)20(22)27/h4-5,8-9,18H,3,6-7,10-16H2,1-2H3,(H2,22,27)(H2,23,24,25). The van der Waals surface area contributed by atoms with Gasteiger partial charge < -0.3 is 21.3 Å². The third-order valence-corrected chi connectivity index (χ3v) is 5.20. The van der Waals surface area contributed by atoms with E-state index in [-0.39, 0.29) is 11.8 Å². The molecule has 0 radical (unpaired) electrons. The number of likely N-dealkylation sites (tertiary alicyclic amines) is 1. The lowest BCUT2D eigenvalue weighted by Crippen LogP contribution is -2.39. The fourth-order valence-corrected chi connectivity index (χ4v) is 3.40. The van der Waals surface area contributed by atoms with Crippen LogP contribution in [-0.2, 0) is 11.3 Å². The molecule has 6 nitrogen and oxygen atoms in total. The number of guanidine groups is 1. The van der Waals surface area contributed by atoms with Gasteiger partial charge in [0.2, 0.25) is 5.91 Å². The number of nitrogens with two attached hydrogens (primary N) is 1. The highest BCUT2D eigenvalue weighted by Gasteiger charge is 2.22. The summed E-state index contributed by atoms with van der Waals surface area (Å²) in [7, 11) is 0. The zero-order valence-electron chi connectivity index (χ0n) is 16.8. The summed E-state index contributed by atoms with van der Waals surface area (Å²) in [4.78, 5) is 18.4. The van der Waals surface area contributed by atoms with Crippen LogP contribution in [0.1, 0.15) is 43.7 Å². The van der Waals surface area contributed by atoms with Gasteiger partial charge in [0, 0.05) is 19.0 Å². The Morgan fingerprint density at radius 1 is 1.22 bits per heavy atom. The topological polar surface area (TPSA) is 82.8 Å². The molecule has 27 heavy (non-hydrogen) atoms. The first-order chi connectivity index (χ1) is 13.1. The monoisotopic (exact) mass is 373 g/mol. The predicted octanol–water partition coefficient (Wildman–Crippen LogP) is 2.03. The maximum absolute atomic E-state index is 11.2. The Morgan fingerprint density at radius 3 is 2.63 bits per heavy atom. The van der Waals surface area contributed by atoms with Crippen molar-refractivity contribution in [1.29, 1.82) is 0 Å². The second kappa shape index (κ2) is 11.6. The fraction of sp³-hybridized carbons (Fsp3) is 0.619. The van der Waals surface area contributed by atoms with Crippen molar-refractivity contribution in [2.75, 3.05) is 32.7 Å². The van der Waals surface area contributed by atoms with Crippen molar-refractivity contribution in [3.8, 4) is 0 Å². The molecule has 1 aromatic carbocycles. The highest BCUT2D eigenvalue weighted by molar-refractivity contribution is 5.79. The first-order valence-corrected chi connectivity index (χ1v) is 10.2. The number of nitrogens with one attached hydrogen (secondary N) is 2. The van der Waals surface area contributed by atoms with Gasteiger partial charge in [-0.3, -0.25) is 4.79 Å². The van der Waals surface area contributed by atoms with Gasteiger partial charge >= 0.3 is 0 Å². The molecule has 0 atom stereocenters. The van der Waals surface area contributed by atoms with E-state index in [1.165, 1.54) is 11.1 Å². The third kappa shape index (κ3) is 7.59. The van der Waals surface area contributed by atoms with Crippen LogP contribution in [0.15, 0.2) is 29.3 Å². The Labute approximate surface area is 163 Å². The number of amides is 1. The molecular formula is C21H35N5O. The number of aryl methyl sites for hydroxylation is 1. The number of carbonyl (C=O) groups is 1. The van der Waals surface area contributed by atoms with Gasteiger partial charge in [-0.15, -0.1) is 0 Å². The molecule has 1 aliphatic rings. The lowest BCUT2D eigenvalue weighted by molar-refractivity contribution is -0.123. The number of unbranched alkanes of at least 4 members (excludes halogenated alkanes) is 1. The summed E-state index contributed by atoms with van der Waals surface area (Å²) in [6.45, 7) is 9.73. The number of aliphatic imine (C=N–C) groups is 1. The van der Waals surface area contributed by atoms with E-state index in [0.29, 0.717) is 6.54 Å². The Morgan fingerprint density at radius 2 is 1.96 bits per heavy atom. The minimum Gasteiger partial charge on any atom is -0.369 e. The van der Waals surface area contributed by atoms with Gasteiger partial charge in [-0.2, -0.15) is 0 Å². The largest absolute Gasteiger partial charge is 0.369 e.